The summed E-state index contributed by atoms with van der Waals surface area (Å²) in [5.41, 5.74) is 0.570. The number of rotatable bonds is 5. The number of hydrogen-bond donors (Lipinski definition) is 1. The van der Waals surface area contributed by atoms with Gasteiger partial charge in [-0.25, -0.2) is 4.98 Å². The van der Waals surface area contributed by atoms with Crippen LogP contribution in [0.25, 0.3) is 0 Å². The number of amides is 1. The van der Waals surface area contributed by atoms with Gasteiger partial charge in [-0.1, -0.05) is 6.42 Å². The number of nitro groups is 1. The smallest absolute Gasteiger partial charge is 0.286 e. The van der Waals surface area contributed by atoms with Gasteiger partial charge in [0.15, 0.2) is 16.6 Å². The van der Waals surface area contributed by atoms with Crippen molar-refractivity contribution in [3.05, 3.63) is 38.4 Å². The Kier molecular flexibility index (Phi) is 5.36. The van der Waals surface area contributed by atoms with Gasteiger partial charge in [0.1, 0.15) is 5.56 Å². The van der Waals surface area contributed by atoms with Crippen molar-refractivity contribution in [2.24, 2.45) is 0 Å². The summed E-state index contributed by atoms with van der Waals surface area (Å²) in [5.74, 6) is -0.156. The summed E-state index contributed by atoms with van der Waals surface area (Å²) in [4.78, 5) is 29.1. The van der Waals surface area contributed by atoms with Gasteiger partial charge in [-0.05, 0) is 25.7 Å². The normalized spacial score (nSPS) is 13.5. The molecule has 1 aromatic heterocycles. The Balaban J connectivity index is 1.91. The van der Waals surface area contributed by atoms with E-state index in [-0.39, 0.29) is 22.7 Å². The van der Waals surface area contributed by atoms with Gasteiger partial charge >= 0.3 is 0 Å². The van der Waals surface area contributed by atoms with Gasteiger partial charge in [0, 0.05) is 10.9 Å². The predicted molar refractivity (Wildman–Crippen MR) is 97.5 cm³/mol. The van der Waals surface area contributed by atoms with Crippen LogP contribution >= 0.6 is 11.3 Å². The second kappa shape index (κ2) is 7.69. The molecule has 1 aliphatic rings. The molecular formula is C17H19N3O5S. The second-order valence-corrected chi connectivity index (χ2v) is 6.97. The molecule has 0 atom stereocenters. The highest BCUT2D eigenvalue weighted by molar-refractivity contribution is 7.15. The van der Waals surface area contributed by atoms with E-state index in [9.17, 15) is 14.9 Å². The van der Waals surface area contributed by atoms with Gasteiger partial charge in [0.05, 0.1) is 30.9 Å². The van der Waals surface area contributed by atoms with Crippen LogP contribution in [0.3, 0.4) is 0 Å². The zero-order chi connectivity index (χ0) is 18.7. The summed E-state index contributed by atoms with van der Waals surface area (Å²) in [6.07, 6.45) is 5.25. The highest BCUT2D eigenvalue weighted by Gasteiger charge is 2.25. The Labute approximate surface area is 154 Å². The molecule has 0 saturated heterocycles. The molecule has 1 aromatic carbocycles. The second-order valence-electron chi connectivity index (χ2n) is 5.89. The molecule has 0 aliphatic heterocycles. The van der Waals surface area contributed by atoms with Crippen LogP contribution in [0.15, 0.2) is 12.1 Å². The van der Waals surface area contributed by atoms with E-state index in [4.69, 9.17) is 9.47 Å². The number of aryl methyl sites for hydroxylation is 2. The van der Waals surface area contributed by atoms with Gasteiger partial charge in [-0.3, -0.25) is 20.2 Å². The molecule has 1 N–H and O–H groups in total. The standard InChI is InChI=1S/C17H19N3O5S/c1-24-13-8-10(12(20(22)23)9-14(13)25-2)16(21)19-17-18-11-6-4-3-5-7-15(11)26-17/h8-9H,3-7H2,1-2H3,(H,18,19,21). The SMILES string of the molecule is COc1cc(C(=O)Nc2nc3c(s2)CCCCC3)c([N+](=O)[O-])cc1OC. The molecular weight excluding hydrogens is 358 g/mol. The van der Waals surface area contributed by atoms with Crippen molar-refractivity contribution >= 4 is 28.1 Å². The third kappa shape index (κ3) is 3.62. The molecule has 9 heteroatoms. The van der Waals surface area contributed by atoms with E-state index >= 15 is 0 Å². The number of benzene rings is 1. The summed E-state index contributed by atoms with van der Waals surface area (Å²) in [5, 5.41) is 14.5. The molecule has 8 nitrogen and oxygen atoms in total. The number of anilines is 1. The fraction of sp³-hybridized carbons (Fsp3) is 0.412. The molecule has 1 heterocycles. The first-order valence-electron chi connectivity index (χ1n) is 8.23. The van der Waals surface area contributed by atoms with Crippen LogP contribution in [0, 0.1) is 10.1 Å². The molecule has 1 aliphatic carbocycles. The molecule has 0 fully saturated rings. The van der Waals surface area contributed by atoms with Gasteiger partial charge in [-0.2, -0.15) is 0 Å². The lowest BCUT2D eigenvalue weighted by Crippen LogP contribution is -2.14. The van der Waals surface area contributed by atoms with Crippen molar-refractivity contribution in [2.45, 2.75) is 32.1 Å². The topological polar surface area (TPSA) is 104 Å². The maximum absolute atomic E-state index is 12.6. The fourth-order valence-corrected chi connectivity index (χ4v) is 3.99. The third-order valence-corrected chi connectivity index (χ3v) is 5.33. The molecule has 0 unspecified atom stereocenters. The van der Waals surface area contributed by atoms with Crippen molar-refractivity contribution < 1.29 is 19.2 Å². The Bertz CT molecular complexity index is 826. The number of nitro benzene ring substituents is 1. The van der Waals surface area contributed by atoms with Crippen LogP contribution in [-0.2, 0) is 12.8 Å². The van der Waals surface area contributed by atoms with Crippen molar-refractivity contribution in [3.8, 4) is 11.5 Å². The maximum atomic E-state index is 12.6. The lowest BCUT2D eigenvalue weighted by atomic mass is 10.1. The van der Waals surface area contributed by atoms with E-state index in [2.05, 4.69) is 10.3 Å². The average molecular weight is 377 g/mol. The highest BCUT2D eigenvalue weighted by Crippen LogP contribution is 2.35. The molecule has 26 heavy (non-hydrogen) atoms. The van der Waals surface area contributed by atoms with Crippen LogP contribution in [0.1, 0.15) is 40.2 Å². The molecule has 1 amide bonds. The summed E-state index contributed by atoms with van der Waals surface area (Å²) in [7, 11) is 2.78. The van der Waals surface area contributed by atoms with Crippen LogP contribution in [0.2, 0.25) is 0 Å². The maximum Gasteiger partial charge on any atom is 0.286 e. The van der Waals surface area contributed by atoms with Crippen LogP contribution in [0.5, 0.6) is 11.5 Å². The third-order valence-electron chi connectivity index (χ3n) is 4.26. The minimum Gasteiger partial charge on any atom is -0.493 e. The minimum absolute atomic E-state index is 0.0990. The predicted octanol–water partition coefficient (Wildman–Crippen LogP) is 3.59. The number of fused-ring (bicyclic) bond motifs is 1. The zero-order valence-electron chi connectivity index (χ0n) is 14.5. The summed E-state index contributed by atoms with van der Waals surface area (Å²) in [6.45, 7) is 0. The summed E-state index contributed by atoms with van der Waals surface area (Å²) < 4.78 is 10.2. The monoisotopic (exact) mass is 377 g/mol. The van der Waals surface area contributed by atoms with Crippen molar-refractivity contribution in [1.82, 2.24) is 4.98 Å². The van der Waals surface area contributed by atoms with E-state index in [1.165, 1.54) is 49.0 Å². The fourth-order valence-electron chi connectivity index (χ4n) is 2.95. The molecule has 0 spiro atoms. The number of thiazole rings is 1. The molecule has 2 aromatic rings. The number of methoxy groups -OCH3 is 2. The first-order valence-corrected chi connectivity index (χ1v) is 9.05. The lowest BCUT2D eigenvalue weighted by Gasteiger charge is -2.10. The molecule has 138 valence electrons. The van der Waals surface area contributed by atoms with E-state index < -0.39 is 10.8 Å². The Morgan fingerprint density at radius 3 is 2.58 bits per heavy atom. The Morgan fingerprint density at radius 1 is 1.19 bits per heavy atom. The van der Waals surface area contributed by atoms with Gasteiger partial charge in [0.2, 0.25) is 0 Å². The molecule has 0 saturated carbocycles. The van der Waals surface area contributed by atoms with Gasteiger partial charge in [-0.15, -0.1) is 11.3 Å². The van der Waals surface area contributed by atoms with Crippen molar-refractivity contribution in [3.63, 3.8) is 0 Å². The lowest BCUT2D eigenvalue weighted by molar-refractivity contribution is -0.385. The van der Waals surface area contributed by atoms with Gasteiger partial charge < -0.3 is 9.47 Å². The highest BCUT2D eigenvalue weighted by atomic mass is 32.1. The van der Waals surface area contributed by atoms with Crippen LogP contribution < -0.4 is 14.8 Å². The number of nitrogens with one attached hydrogen (secondary N) is 1. The van der Waals surface area contributed by atoms with E-state index in [1.54, 1.807) is 0 Å². The molecule has 0 bridgehead atoms. The number of ether oxygens (including phenoxy) is 2. The van der Waals surface area contributed by atoms with Gasteiger partial charge in [0.25, 0.3) is 11.6 Å². The number of carbonyl (C=O) groups excluding carboxylic acids is 1. The average Bonchev–Trinajstić information content (AvgIpc) is 2.88. The first-order chi connectivity index (χ1) is 12.5. The van der Waals surface area contributed by atoms with Crippen LogP contribution in [-0.4, -0.2) is 30.0 Å². The van der Waals surface area contributed by atoms with Crippen molar-refractivity contribution in [2.75, 3.05) is 19.5 Å². The number of aromatic nitrogens is 1. The van der Waals surface area contributed by atoms with E-state index in [0.29, 0.717) is 5.13 Å². The molecule has 0 radical (unpaired) electrons. The first kappa shape index (κ1) is 18.1. The largest absolute Gasteiger partial charge is 0.493 e. The number of nitrogens with zero attached hydrogens (tertiary/aromatic N) is 2. The minimum atomic E-state index is -0.617. The Morgan fingerprint density at radius 2 is 1.88 bits per heavy atom. The summed E-state index contributed by atoms with van der Waals surface area (Å²) in [6, 6.07) is 2.50. The van der Waals surface area contributed by atoms with E-state index in [0.717, 1.165) is 31.4 Å². The zero-order valence-corrected chi connectivity index (χ0v) is 15.4. The van der Waals surface area contributed by atoms with E-state index in [1.807, 2.05) is 0 Å². The van der Waals surface area contributed by atoms with Crippen LogP contribution in [0.4, 0.5) is 10.8 Å². The molecule has 3 rings (SSSR count). The number of hydrogen-bond acceptors (Lipinski definition) is 7. The quantitative estimate of drug-likeness (QED) is 0.485. The number of carbonyl (C=O) groups is 1. The Hall–Kier alpha value is -2.68. The summed E-state index contributed by atoms with van der Waals surface area (Å²) >= 11 is 1.43. The van der Waals surface area contributed by atoms with Crippen molar-refractivity contribution in [1.29, 1.82) is 0 Å².